The van der Waals surface area contributed by atoms with E-state index in [9.17, 15) is 9.59 Å². The van der Waals surface area contributed by atoms with E-state index in [1.165, 1.54) is 0 Å². The third kappa shape index (κ3) is 9.18. The number of carbonyl (C=O) groups is 2. The predicted octanol–water partition coefficient (Wildman–Crippen LogP) is 3.89. The molecule has 1 aromatic carbocycles. The zero-order chi connectivity index (χ0) is 18.0. The number of ether oxygens (including phenoxy) is 2. The van der Waals surface area contributed by atoms with E-state index >= 15 is 0 Å². The molecular weight excluding hydrogens is 306 g/mol. The monoisotopic (exact) mass is 335 g/mol. The molecule has 5 heteroatoms. The van der Waals surface area contributed by atoms with Gasteiger partial charge in [-0.1, -0.05) is 25.5 Å². The number of Topliss-reactive ketones (excluding diaryl/α,β-unsaturated/α-hetero) is 1. The van der Waals surface area contributed by atoms with E-state index < -0.39 is 11.7 Å². The average Bonchev–Trinajstić information content (AvgIpc) is 2.51. The van der Waals surface area contributed by atoms with Crippen LogP contribution in [0.15, 0.2) is 24.3 Å². The van der Waals surface area contributed by atoms with Crippen LogP contribution in [-0.4, -0.2) is 30.6 Å². The fourth-order valence-electron chi connectivity index (χ4n) is 1.94. The zero-order valence-corrected chi connectivity index (χ0v) is 15.2. The molecule has 0 aliphatic carbocycles. The first-order chi connectivity index (χ1) is 11.3. The molecule has 5 nitrogen and oxygen atoms in total. The molecule has 24 heavy (non-hydrogen) atoms. The molecule has 0 saturated carbocycles. The highest BCUT2D eigenvalue weighted by Crippen LogP contribution is 2.14. The Balaban J connectivity index is 2.27. The number of aryl methyl sites for hydroxylation is 1. The molecule has 0 aliphatic rings. The molecule has 0 saturated heterocycles. The van der Waals surface area contributed by atoms with Crippen molar-refractivity contribution in [3.63, 3.8) is 0 Å². The number of hydrogen-bond donors (Lipinski definition) is 1. The molecule has 0 spiro atoms. The van der Waals surface area contributed by atoms with Gasteiger partial charge in [-0.25, -0.2) is 4.79 Å². The van der Waals surface area contributed by atoms with Gasteiger partial charge in [-0.3, -0.25) is 4.79 Å². The summed E-state index contributed by atoms with van der Waals surface area (Å²) in [5, 5.41) is 2.48. The second-order valence-electron chi connectivity index (χ2n) is 6.74. The van der Waals surface area contributed by atoms with Gasteiger partial charge in [0.25, 0.3) is 0 Å². The molecule has 0 heterocycles. The maximum absolute atomic E-state index is 11.8. The fraction of sp³-hybridized carbons (Fsp3) is 0.579. The van der Waals surface area contributed by atoms with Crippen molar-refractivity contribution in [1.82, 2.24) is 5.32 Å². The number of nitrogens with one attached hydrogen (secondary N) is 1. The lowest BCUT2D eigenvalue weighted by Crippen LogP contribution is -2.35. The average molecular weight is 335 g/mol. The number of ketones is 1. The smallest absolute Gasteiger partial charge is 0.408 e. The Hall–Kier alpha value is -2.04. The summed E-state index contributed by atoms with van der Waals surface area (Å²) in [6, 6.07) is 7.79. The predicted molar refractivity (Wildman–Crippen MR) is 94.4 cm³/mol. The molecule has 1 aromatic rings. The molecule has 0 fully saturated rings. The molecule has 1 N–H and O–H groups in total. The summed E-state index contributed by atoms with van der Waals surface area (Å²) in [4.78, 5) is 23.3. The van der Waals surface area contributed by atoms with E-state index in [1.54, 1.807) is 20.8 Å². The molecule has 1 amide bonds. The summed E-state index contributed by atoms with van der Waals surface area (Å²) in [6.07, 6.45) is 2.61. The molecule has 0 aliphatic heterocycles. The van der Waals surface area contributed by atoms with Crippen LogP contribution in [0, 0.1) is 0 Å². The standard InChI is InChI=1S/C19H29NO4/c1-5-6-13-23-17-11-8-15(9-12-17)7-10-16(21)14-20-18(22)24-19(2,3)4/h8-9,11-12H,5-7,10,13-14H2,1-4H3,(H,20,22). The number of amides is 1. The third-order valence-corrected chi connectivity index (χ3v) is 3.21. The van der Waals surface area contributed by atoms with Gasteiger partial charge in [0.15, 0.2) is 5.78 Å². The summed E-state index contributed by atoms with van der Waals surface area (Å²) in [5.74, 6) is 0.828. The maximum atomic E-state index is 11.8. The van der Waals surface area contributed by atoms with Crippen LogP contribution >= 0.6 is 0 Å². The van der Waals surface area contributed by atoms with Crippen LogP contribution in [-0.2, 0) is 16.0 Å². The Labute approximate surface area is 144 Å². The summed E-state index contributed by atoms with van der Waals surface area (Å²) >= 11 is 0. The van der Waals surface area contributed by atoms with Gasteiger partial charge in [0.2, 0.25) is 0 Å². The van der Waals surface area contributed by atoms with Crippen LogP contribution in [0.1, 0.15) is 52.5 Å². The van der Waals surface area contributed by atoms with E-state index in [2.05, 4.69) is 12.2 Å². The Bertz CT molecular complexity index is 517. The minimum absolute atomic E-state index is 0.00682. The molecule has 0 bridgehead atoms. The first-order valence-corrected chi connectivity index (χ1v) is 8.50. The molecule has 0 unspecified atom stereocenters. The Kier molecular flexibility index (Phi) is 8.30. The van der Waals surface area contributed by atoms with Gasteiger partial charge in [0.1, 0.15) is 11.4 Å². The van der Waals surface area contributed by atoms with E-state index in [4.69, 9.17) is 9.47 Å². The Morgan fingerprint density at radius 2 is 1.79 bits per heavy atom. The van der Waals surface area contributed by atoms with Crippen molar-refractivity contribution in [1.29, 1.82) is 0 Å². The molecule has 0 aromatic heterocycles. The quantitative estimate of drug-likeness (QED) is 0.695. The number of carbonyl (C=O) groups excluding carboxylic acids is 2. The SMILES string of the molecule is CCCCOc1ccc(CCC(=O)CNC(=O)OC(C)(C)C)cc1. The minimum Gasteiger partial charge on any atom is -0.494 e. The highest BCUT2D eigenvalue weighted by atomic mass is 16.6. The number of benzene rings is 1. The number of unbranched alkanes of at least 4 members (excludes halogenated alkanes) is 1. The molecular formula is C19H29NO4. The lowest BCUT2D eigenvalue weighted by molar-refractivity contribution is -0.118. The summed E-state index contributed by atoms with van der Waals surface area (Å²) in [7, 11) is 0. The first kappa shape index (κ1) is 20.0. The van der Waals surface area contributed by atoms with Crippen molar-refractivity contribution in [3.05, 3.63) is 29.8 Å². The highest BCUT2D eigenvalue weighted by Gasteiger charge is 2.16. The fourth-order valence-corrected chi connectivity index (χ4v) is 1.94. The zero-order valence-electron chi connectivity index (χ0n) is 15.2. The summed E-state index contributed by atoms with van der Waals surface area (Å²) in [5.41, 5.74) is 0.511. The van der Waals surface area contributed by atoms with Crippen molar-refractivity contribution in [2.75, 3.05) is 13.2 Å². The van der Waals surface area contributed by atoms with Crippen LogP contribution < -0.4 is 10.1 Å². The second kappa shape index (κ2) is 9.96. The first-order valence-electron chi connectivity index (χ1n) is 8.50. The van der Waals surface area contributed by atoms with E-state index in [0.717, 1.165) is 30.8 Å². The van der Waals surface area contributed by atoms with Crippen LogP contribution in [0.2, 0.25) is 0 Å². The summed E-state index contributed by atoms with van der Waals surface area (Å²) in [6.45, 7) is 8.19. The van der Waals surface area contributed by atoms with Crippen molar-refractivity contribution in [2.45, 2.75) is 59.0 Å². The van der Waals surface area contributed by atoms with Crippen molar-refractivity contribution >= 4 is 11.9 Å². The summed E-state index contributed by atoms with van der Waals surface area (Å²) < 4.78 is 10.7. The van der Waals surface area contributed by atoms with Gasteiger partial charge in [-0.2, -0.15) is 0 Å². The van der Waals surface area contributed by atoms with Crippen molar-refractivity contribution in [3.8, 4) is 5.75 Å². The maximum Gasteiger partial charge on any atom is 0.408 e. The van der Waals surface area contributed by atoms with E-state index in [-0.39, 0.29) is 12.3 Å². The normalized spacial score (nSPS) is 11.0. The van der Waals surface area contributed by atoms with Gasteiger partial charge >= 0.3 is 6.09 Å². The number of alkyl carbamates (subject to hydrolysis) is 1. The second-order valence-corrected chi connectivity index (χ2v) is 6.74. The van der Waals surface area contributed by atoms with Gasteiger partial charge in [0.05, 0.1) is 13.2 Å². The lowest BCUT2D eigenvalue weighted by Gasteiger charge is -2.19. The molecule has 0 radical (unpaired) electrons. The number of hydrogen-bond acceptors (Lipinski definition) is 4. The van der Waals surface area contributed by atoms with Gasteiger partial charge in [-0.15, -0.1) is 0 Å². The van der Waals surface area contributed by atoms with Crippen LogP contribution in [0.5, 0.6) is 5.75 Å². The minimum atomic E-state index is -0.565. The van der Waals surface area contributed by atoms with Crippen LogP contribution in [0.4, 0.5) is 4.79 Å². The van der Waals surface area contributed by atoms with Crippen LogP contribution in [0.3, 0.4) is 0 Å². The van der Waals surface area contributed by atoms with Gasteiger partial charge in [-0.05, 0) is 51.3 Å². The third-order valence-electron chi connectivity index (χ3n) is 3.21. The largest absolute Gasteiger partial charge is 0.494 e. The van der Waals surface area contributed by atoms with Crippen LogP contribution in [0.25, 0.3) is 0 Å². The molecule has 1 rings (SSSR count). The number of rotatable bonds is 9. The molecule has 0 atom stereocenters. The van der Waals surface area contributed by atoms with Crippen molar-refractivity contribution in [2.24, 2.45) is 0 Å². The topological polar surface area (TPSA) is 64.6 Å². The van der Waals surface area contributed by atoms with Crippen molar-refractivity contribution < 1.29 is 19.1 Å². The van der Waals surface area contributed by atoms with Gasteiger partial charge < -0.3 is 14.8 Å². The van der Waals surface area contributed by atoms with E-state index in [1.807, 2.05) is 24.3 Å². The van der Waals surface area contributed by atoms with E-state index in [0.29, 0.717) is 12.8 Å². The Morgan fingerprint density at radius 1 is 1.12 bits per heavy atom. The Morgan fingerprint density at radius 3 is 2.38 bits per heavy atom. The van der Waals surface area contributed by atoms with Gasteiger partial charge in [0, 0.05) is 6.42 Å². The highest BCUT2D eigenvalue weighted by molar-refractivity contribution is 5.84. The lowest BCUT2D eigenvalue weighted by atomic mass is 10.1. The molecule has 134 valence electrons.